The first-order valence-electron chi connectivity index (χ1n) is 17.4. The summed E-state index contributed by atoms with van der Waals surface area (Å²) in [5.74, 6) is 0. The highest BCUT2D eigenvalue weighted by atomic mass is 32.1. The van der Waals surface area contributed by atoms with Gasteiger partial charge in [0.1, 0.15) is 0 Å². The molecule has 0 fully saturated rings. The molecule has 238 valence electrons. The summed E-state index contributed by atoms with van der Waals surface area (Å²) in [5, 5.41) is 12.6. The normalized spacial score (nSPS) is 11.9. The first-order valence-corrected chi connectivity index (χ1v) is 18.3. The van der Waals surface area contributed by atoms with E-state index in [2.05, 4.69) is 191 Å². The van der Waals surface area contributed by atoms with E-state index in [1.54, 1.807) is 0 Å². The molecule has 0 N–H and O–H groups in total. The molecule has 9 aromatic carbocycles. The maximum atomic E-state index is 2.52. The van der Waals surface area contributed by atoms with E-state index < -0.39 is 0 Å². The highest BCUT2D eigenvalue weighted by Gasteiger charge is 2.23. The van der Waals surface area contributed by atoms with Gasteiger partial charge in [-0.3, -0.25) is 0 Å². The van der Waals surface area contributed by atoms with Gasteiger partial charge in [-0.25, -0.2) is 0 Å². The van der Waals surface area contributed by atoms with Crippen molar-refractivity contribution >= 4 is 103 Å². The maximum Gasteiger partial charge on any atom is 0.0640 e. The van der Waals surface area contributed by atoms with Gasteiger partial charge >= 0.3 is 0 Å². The lowest BCUT2D eigenvalue weighted by molar-refractivity contribution is 1.18. The molecule has 0 bridgehead atoms. The zero-order valence-electron chi connectivity index (χ0n) is 27.6. The number of hydrogen-bond donors (Lipinski definition) is 0. The van der Waals surface area contributed by atoms with E-state index in [0.717, 1.165) is 17.1 Å². The molecule has 0 radical (unpaired) electrons. The molecule has 0 saturated heterocycles. The highest BCUT2D eigenvalue weighted by molar-refractivity contribution is 7.26. The van der Waals surface area contributed by atoms with Crippen molar-refractivity contribution in [2.45, 2.75) is 0 Å². The quantitative estimate of drug-likeness (QED) is 0.170. The summed E-state index contributed by atoms with van der Waals surface area (Å²) in [7, 11) is 0. The molecule has 2 aromatic heterocycles. The van der Waals surface area contributed by atoms with Crippen LogP contribution in [0.25, 0.3) is 80.0 Å². The molecule has 0 atom stereocenters. The van der Waals surface area contributed by atoms with Crippen LogP contribution in [0.15, 0.2) is 182 Å². The highest BCUT2D eigenvalue weighted by Crippen LogP contribution is 2.49. The van der Waals surface area contributed by atoms with Gasteiger partial charge in [0.2, 0.25) is 0 Å². The van der Waals surface area contributed by atoms with Crippen LogP contribution in [-0.2, 0) is 0 Å². The van der Waals surface area contributed by atoms with E-state index in [1.165, 1.54) is 80.0 Å². The van der Waals surface area contributed by atoms with Crippen molar-refractivity contribution < 1.29 is 0 Å². The predicted molar refractivity (Wildman–Crippen MR) is 221 cm³/mol. The van der Waals surface area contributed by atoms with Gasteiger partial charge in [0.15, 0.2) is 0 Å². The Balaban J connectivity index is 1.26. The monoisotopic (exact) mass is 666 g/mol. The molecule has 2 nitrogen and oxygen atoms in total. The third-order valence-corrected chi connectivity index (χ3v) is 11.7. The molecular formula is C48H30N2S. The van der Waals surface area contributed by atoms with E-state index in [4.69, 9.17) is 0 Å². The van der Waals surface area contributed by atoms with Gasteiger partial charge in [0.05, 0.1) is 27.1 Å². The van der Waals surface area contributed by atoms with E-state index >= 15 is 0 Å². The predicted octanol–water partition coefficient (Wildman–Crippen LogP) is 14.1. The number of benzene rings is 9. The standard InChI is InChI=1S/C48H30N2S/c1-2-13-33(14-3-1)49-42-19-8-6-17-40(42)47-43(49)20-11-21-44(47)50(45-22-10-18-39-38-16-7-9-23-46(38)51-48(39)45)34-27-24-32-26-28-36-35-15-5-4-12-31(35)25-29-37(36)41(32)30-34/h1-30H. The summed E-state index contributed by atoms with van der Waals surface area (Å²) in [4.78, 5) is 2.52. The summed E-state index contributed by atoms with van der Waals surface area (Å²) < 4.78 is 4.99. The smallest absolute Gasteiger partial charge is 0.0640 e. The summed E-state index contributed by atoms with van der Waals surface area (Å²) in [6.07, 6.45) is 0. The van der Waals surface area contributed by atoms with Crippen molar-refractivity contribution in [2.75, 3.05) is 4.90 Å². The Kier molecular flexibility index (Phi) is 6.16. The second-order valence-electron chi connectivity index (χ2n) is 13.3. The van der Waals surface area contributed by atoms with Crippen LogP contribution in [0, 0.1) is 0 Å². The molecule has 3 heteroatoms. The third kappa shape index (κ3) is 4.22. The van der Waals surface area contributed by atoms with Crippen LogP contribution in [-0.4, -0.2) is 4.57 Å². The third-order valence-electron chi connectivity index (χ3n) is 10.5. The number of rotatable bonds is 4. The number of fused-ring (bicyclic) bond motifs is 11. The van der Waals surface area contributed by atoms with Gasteiger partial charge in [0.25, 0.3) is 0 Å². The van der Waals surface area contributed by atoms with Crippen molar-refractivity contribution in [3.05, 3.63) is 182 Å². The zero-order valence-corrected chi connectivity index (χ0v) is 28.4. The van der Waals surface area contributed by atoms with Crippen molar-refractivity contribution in [1.29, 1.82) is 0 Å². The van der Waals surface area contributed by atoms with Crippen LogP contribution in [0.3, 0.4) is 0 Å². The van der Waals surface area contributed by atoms with Crippen LogP contribution in [0.5, 0.6) is 0 Å². The van der Waals surface area contributed by atoms with Gasteiger partial charge in [-0.1, -0.05) is 127 Å². The Hall–Kier alpha value is -6.42. The Bertz CT molecular complexity index is 3150. The molecule has 0 saturated carbocycles. The molecule has 0 aliphatic carbocycles. The number of nitrogens with zero attached hydrogens (tertiary/aromatic N) is 2. The minimum Gasteiger partial charge on any atom is -0.309 e. The van der Waals surface area contributed by atoms with Crippen LogP contribution in [0.4, 0.5) is 17.1 Å². The summed E-state index contributed by atoms with van der Waals surface area (Å²) in [5.41, 5.74) is 7.02. The van der Waals surface area contributed by atoms with Crippen molar-refractivity contribution in [3.8, 4) is 5.69 Å². The van der Waals surface area contributed by atoms with Crippen LogP contribution in [0.1, 0.15) is 0 Å². The summed E-state index contributed by atoms with van der Waals surface area (Å²) >= 11 is 1.88. The molecule has 11 aromatic rings. The number of hydrogen-bond acceptors (Lipinski definition) is 2. The molecule has 0 unspecified atom stereocenters. The molecule has 0 spiro atoms. The average molecular weight is 667 g/mol. The summed E-state index contributed by atoms with van der Waals surface area (Å²) in [6.45, 7) is 0. The number of thiophene rings is 1. The largest absolute Gasteiger partial charge is 0.309 e. The molecule has 0 aliphatic heterocycles. The minimum atomic E-state index is 1.14. The Morgan fingerprint density at radius 2 is 1.02 bits per heavy atom. The van der Waals surface area contributed by atoms with E-state index in [9.17, 15) is 0 Å². The minimum absolute atomic E-state index is 1.14. The van der Waals surface area contributed by atoms with Gasteiger partial charge in [-0.2, -0.15) is 0 Å². The number of anilines is 3. The van der Waals surface area contributed by atoms with Crippen LogP contribution >= 0.6 is 11.3 Å². The number of para-hydroxylation sites is 2. The lowest BCUT2D eigenvalue weighted by atomic mass is 9.96. The first-order chi connectivity index (χ1) is 25.3. The van der Waals surface area contributed by atoms with Crippen molar-refractivity contribution in [1.82, 2.24) is 4.57 Å². The SMILES string of the molecule is c1ccc(-n2c3ccccc3c3c(N(c4ccc5ccc6c7ccccc7ccc6c5c4)c4cccc5c4sc4ccccc45)cccc32)cc1. The van der Waals surface area contributed by atoms with Gasteiger partial charge < -0.3 is 9.47 Å². The lowest BCUT2D eigenvalue weighted by Gasteiger charge is -2.27. The number of aromatic nitrogens is 1. The topological polar surface area (TPSA) is 8.17 Å². The molecule has 0 aliphatic rings. The van der Waals surface area contributed by atoms with Gasteiger partial charge in [-0.15, -0.1) is 11.3 Å². The van der Waals surface area contributed by atoms with Gasteiger partial charge in [0, 0.05) is 37.6 Å². The second kappa shape index (κ2) is 11.0. The average Bonchev–Trinajstić information content (AvgIpc) is 3.75. The second-order valence-corrected chi connectivity index (χ2v) is 14.4. The van der Waals surface area contributed by atoms with E-state index in [1.807, 2.05) is 11.3 Å². The fourth-order valence-corrected chi connectivity index (χ4v) is 9.51. The van der Waals surface area contributed by atoms with E-state index in [0.29, 0.717) is 0 Å². The Labute approximate surface area is 298 Å². The lowest BCUT2D eigenvalue weighted by Crippen LogP contribution is -2.10. The molecule has 0 amide bonds. The molecule has 11 rings (SSSR count). The van der Waals surface area contributed by atoms with Crippen molar-refractivity contribution in [2.24, 2.45) is 0 Å². The summed E-state index contributed by atoms with van der Waals surface area (Å²) in [6, 6.07) is 66.8. The van der Waals surface area contributed by atoms with Crippen LogP contribution in [0.2, 0.25) is 0 Å². The molecule has 2 heterocycles. The van der Waals surface area contributed by atoms with Gasteiger partial charge in [-0.05, 0) is 86.9 Å². The fraction of sp³-hybridized carbons (Fsp3) is 0. The molecular weight excluding hydrogens is 637 g/mol. The Morgan fingerprint density at radius 3 is 1.90 bits per heavy atom. The maximum absolute atomic E-state index is 2.52. The van der Waals surface area contributed by atoms with Crippen molar-refractivity contribution in [3.63, 3.8) is 0 Å². The zero-order chi connectivity index (χ0) is 33.5. The fourth-order valence-electron chi connectivity index (χ4n) is 8.30. The van der Waals surface area contributed by atoms with Crippen LogP contribution < -0.4 is 4.90 Å². The molecule has 51 heavy (non-hydrogen) atoms. The first kappa shape index (κ1) is 28.4. The van der Waals surface area contributed by atoms with E-state index in [-0.39, 0.29) is 0 Å². The Morgan fingerprint density at radius 1 is 0.392 bits per heavy atom.